The summed E-state index contributed by atoms with van der Waals surface area (Å²) < 4.78 is 39.7. The van der Waals surface area contributed by atoms with Crippen LogP contribution in [0.2, 0.25) is 0 Å². The van der Waals surface area contributed by atoms with Crippen molar-refractivity contribution in [1.82, 2.24) is 10.3 Å². The number of fused-ring (bicyclic) bond motifs is 1. The highest BCUT2D eigenvalue weighted by molar-refractivity contribution is 7.91. The van der Waals surface area contributed by atoms with Crippen molar-refractivity contribution in [2.45, 2.75) is 22.8 Å². The Hall–Kier alpha value is -2.51. The fourth-order valence-corrected chi connectivity index (χ4v) is 4.78. The number of nitrogens with one attached hydrogen (secondary N) is 1. The maximum Gasteiger partial charge on any atom is 0.211 e. The molecule has 1 aliphatic rings. The Morgan fingerprint density at radius 3 is 2.78 bits per heavy atom. The summed E-state index contributed by atoms with van der Waals surface area (Å²) >= 11 is 0. The first kappa shape index (κ1) is 17.9. The average Bonchev–Trinajstić information content (AvgIpc) is 2.67. The van der Waals surface area contributed by atoms with Crippen molar-refractivity contribution in [2.75, 3.05) is 24.5 Å². The van der Waals surface area contributed by atoms with E-state index in [4.69, 9.17) is 0 Å². The molecule has 0 amide bonds. The van der Waals surface area contributed by atoms with Crippen LogP contribution in [0.3, 0.4) is 0 Å². The lowest BCUT2D eigenvalue weighted by molar-refractivity contribution is 0.485. The quantitative estimate of drug-likeness (QED) is 0.751. The van der Waals surface area contributed by atoms with E-state index >= 15 is 0 Å². The molecule has 1 atom stereocenters. The van der Waals surface area contributed by atoms with Crippen molar-refractivity contribution in [3.05, 3.63) is 60.5 Å². The van der Waals surface area contributed by atoms with Gasteiger partial charge in [0.05, 0.1) is 16.1 Å². The van der Waals surface area contributed by atoms with Crippen LogP contribution in [0, 0.1) is 5.82 Å². The van der Waals surface area contributed by atoms with Crippen molar-refractivity contribution in [3.63, 3.8) is 0 Å². The van der Waals surface area contributed by atoms with Gasteiger partial charge < -0.3 is 10.2 Å². The van der Waals surface area contributed by atoms with Gasteiger partial charge in [-0.15, -0.1) is 0 Å². The Balaban J connectivity index is 1.79. The summed E-state index contributed by atoms with van der Waals surface area (Å²) in [5.41, 5.74) is 1.73. The van der Waals surface area contributed by atoms with E-state index in [0.29, 0.717) is 6.04 Å². The largest absolute Gasteiger partial charge is 0.367 e. The van der Waals surface area contributed by atoms with Crippen molar-refractivity contribution in [1.29, 1.82) is 0 Å². The molecule has 27 heavy (non-hydrogen) atoms. The molecule has 1 aliphatic heterocycles. The minimum Gasteiger partial charge on any atom is -0.367 e. The molecular weight excluding hydrogens is 365 g/mol. The molecule has 0 bridgehead atoms. The fourth-order valence-electron chi connectivity index (χ4n) is 3.47. The van der Waals surface area contributed by atoms with Gasteiger partial charge in [-0.25, -0.2) is 12.8 Å². The molecule has 0 aliphatic carbocycles. The zero-order chi connectivity index (χ0) is 19.0. The molecule has 5 nitrogen and oxygen atoms in total. The summed E-state index contributed by atoms with van der Waals surface area (Å²) in [5.74, 6) is -0.763. The Bertz CT molecular complexity index is 1100. The van der Waals surface area contributed by atoms with Gasteiger partial charge in [0.2, 0.25) is 9.84 Å². The number of rotatable bonds is 3. The summed E-state index contributed by atoms with van der Waals surface area (Å²) in [5, 5.41) is 4.12. The van der Waals surface area contributed by atoms with Crippen molar-refractivity contribution in [2.24, 2.45) is 0 Å². The number of sulfone groups is 1. The monoisotopic (exact) mass is 385 g/mol. The van der Waals surface area contributed by atoms with Gasteiger partial charge in [0.1, 0.15) is 10.7 Å². The molecule has 0 unspecified atom stereocenters. The first-order valence-electron chi connectivity index (χ1n) is 8.83. The lowest BCUT2D eigenvalue weighted by atomic mass is 10.1. The summed E-state index contributed by atoms with van der Waals surface area (Å²) in [4.78, 5) is 6.35. The Morgan fingerprint density at radius 2 is 2.00 bits per heavy atom. The number of piperazine rings is 1. The number of pyridine rings is 1. The topological polar surface area (TPSA) is 62.3 Å². The Kier molecular flexibility index (Phi) is 4.57. The van der Waals surface area contributed by atoms with Crippen LogP contribution in [0.15, 0.2) is 64.5 Å². The number of para-hydroxylation sites is 1. The van der Waals surface area contributed by atoms with E-state index in [-0.39, 0.29) is 9.79 Å². The van der Waals surface area contributed by atoms with Crippen LogP contribution in [-0.2, 0) is 9.84 Å². The van der Waals surface area contributed by atoms with Gasteiger partial charge in [-0.1, -0.05) is 24.3 Å². The van der Waals surface area contributed by atoms with Gasteiger partial charge in [-0.3, -0.25) is 4.98 Å². The van der Waals surface area contributed by atoms with E-state index in [9.17, 15) is 12.8 Å². The molecule has 4 rings (SSSR count). The molecule has 2 aromatic carbocycles. The maximum absolute atomic E-state index is 14.0. The van der Waals surface area contributed by atoms with Crippen LogP contribution < -0.4 is 10.2 Å². The number of halogens is 1. The Labute approximate surface area is 157 Å². The fraction of sp³-hybridized carbons (Fsp3) is 0.250. The van der Waals surface area contributed by atoms with E-state index in [2.05, 4.69) is 22.1 Å². The molecule has 1 N–H and O–H groups in total. The first-order valence-corrected chi connectivity index (χ1v) is 10.3. The normalized spacial score (nSPS) is 18.0. The molecule has 0 radical (unpaired) electrons. The van der Waals surface area contributed by atoms with Crippen LogP contribution >= 0.6 is 0 Å². The lowest BCUT2D eigenvalue weighted by Gasteiger charge is -2.34. The molecule has 1 fully saturated rings. The third kappa shape index (κ3) is 3.28. The third-order valence-corrected chi connectivity index (χ3v) is 6.56. The van der Waals surface area contributed by atoms with E-state index in [1.807, 2.05) is 18.2 Å². The Morgan fingerprint density at radius 1 is 1.19 bits per heavy atom. The second-order valence-electron chi connectivity index (χ2n) is 6.75. The van der Waals surface area contributed by atoms with E-state index in [1.54, 1.807) is 6.07 Å². The number of nitrogens with zero attached hydrogens (tertiary/aromatic N) is 2. The molecule has 2 heterocycles. The van der Waals surface area contributed by atoms with Gasteiger partial charge in [0.25, 0.3) is 0 Å². The van der Waals surface area contributed by atoms with Crippen LogP contribution in [-0.4, -0.2) is 39.1 Å². The minimum absolute atomic E-state index is 0.00840. The summed E-state index contributed by atoms with van der Waals surface area (Å²) in [6, 6.07) is 13.1. The molecule has 1 aromatic heterocycles. The zero-order valence-electron chi connectivity index (χ0n) is 14.9. The number of hydrogen-bond donors (Lipinski definition) is 1. The second kappa shape index (κ2) is 6.90. The van der Waals surface area contributed by atoms with Gasteiger partial charge in [0, 0.05) is 37.3 Å². The number of benzene rings is 2. The highest BCUT2D eigenvalue weighted by Gasteiger charge is 2.23. The highest BCUT2D eigenvalue weighted by atomic mass is 32.2. The van der Waals surface area contributed by atoms with E-state index in [0.717, 1.165) is 42.3 Å². The molecule has 3 aromatic rings. The third-order valence-electron chi connectivity index (χ3n) is 4.81. The molecule has 1 saturated heterocycles. The molecular formula is C20H20FN3O2S. The number of aromatic nitrogens is 1. The minimum atomic E-state index is -3.97. The first-order chi connectivity index (χ1) is 13.0. The summed E-state index contributed by atoms with van der Waals surface area (Å²) in [6.07, 6.45) is 1.32. The predicted molar refractivity (Wildman–Crippen MR) is 103 cm³/mol. The zero-order valence-corrected chi connectivity index (χ0v) is 15.7. The van der Waals surface area contributed by atoms with Crippen LogP contribution in [0.25, 0.3) is 10.9 Å². The molecule has 0 spiro atoms. The van der Waals surface area contributed by atoms with Gasteiger partial charge in [-0.05, 0) is 31.2 Å². The molecule has 140 valence electrons. The summed E-state index contributed by atoms with van der Waals surface area (Å²) in [6.45, 7) is 4.73. The predicted octanol–water partition coefficient (Wildman–Crippen LogP) is 3.00. The van der Waals surface area contributed by atoms with Crippen molar-refractivity contribution in [3.8, 4) is 0 Å². The van der Waals surface area contributed by atoms with Crippen LogP contribution in [0.4, 0.5) is 10.1 Å². The number of hydrogen-bond acceptors (Lipinski definition) is 5. The van der Waals surface area contributed by atoms with Crippen LogP contribution in [0.1, 0.15) is 6.92 Å². The molecule has 7 heteroatoms. The van der Waals surface area contributed by atoms with Gasteiger partial charge in [-0.2, -0.15) is 0 Å². The van der Waals surface area contributed by atoms with Gasteiger partial charge >= 0.3 is 0 Å². The van der Waals surface area contributed by atoms with E-state index in [1.165, 1.54) is 24.4 Å². The standard InChI is InChI=1S/C20H20FN3O2S/c1-14-13-24(10-9-22-14)18-7-4-5-15-11-16(12-23-20(15)18)27(25,26)19-8-3-2-6-17(19)21/h2-8,11-12,14,22H,9-10,13H2,1H3/t14-/m0/s1. The average molecular weight is 385 g/mol. The van der Waals surface area contributed by atoms with Crippen molar-refractivity contribution >= 4 is 26.4 Å². The van der Waals surface area contributed by atoms with Crippen molar-refractivity contribution < 1.29 is 12.8 Å². The lowest BCUT2D eigenvalue weighted by Crippen LogP contribution is -2.49. The maximum atomic E-state index is 14.0. The number of anilines is 1. The van der Waals surface area contributed by atoms with Gasteiger partial charge in [0.15, 0.2) is 0 Å². The smallest absolute Gasteiger partial charge is 0.211 e. The van der Waals surface area contributed by atoms with Crippen LogP contribution in [0.5, 0.6) is 0 Å². The molecule has 0 saturated carbocycles. The summed E-state index contributed by atoms with van der Waals surface area (Å²) in [7, 11) is -3.97. The van der Waals surface area contributed by atoms with E-state index < -0.39 is 15.7 Å². The second-order valence-corrected chi connectivity index (χ2v) is 8.67. The highest BCUT2D eigenvalue weighted by Crippen LogP contribution is 2.30. The SMILES string of the molecule is C[C@H]1CN(c2cccc3cc(S(=O)(=O)c4ccccc4F)cnc23)CCN1.